The molecule has 1 atom stereocenters. The van der Waals surface area contributed by atoms with E-state index >= 15 is 0 Å². The van der Waals surface area contributed by atoms with Crippen LogP contribution < -0.4 is 5.43 Å². The van der Waals surface area contributed by atoms with E-state index in [1.165, 1.54) is 6.07 Å². The Hall–Kier alpha value is -2.89. The topological polar surface area (TPSA) is 81.4 Å². The lowest BCUT2D eigenvalue weighted by Crippen LogP contribution is -2.27. The van der Waals surface area contributed by atoms with E-state index in [2.05, 4.69) is 20.8 Å². The Kier molecular flexibility index (Phi) is 6.44. The zero-order valence-electron chi connectivity index (χ0n) is 17.3. The molecule has 1 aromatic heterocycles. The third-order valence-corrected chi connectivity index (χ3v) is 4.85. The predicted octanol–water partition coefficient (Wildman–Crippen LogP) is 4.14. The van der Waals surface area contributed by atoms with E-state index in [4.69, 9.17) is 14.9 Å². The second-order valence-electron chi connectivity index (χ2n) is 7.71. The Morgan fingerprint density at radius 1 is 1.36 bits per heavy atom. The average molecular weight is 384 g/mol. The molecule has 1 unspecified atom stereocenters. The summed E-state index contributed by atoms with van der Waals surface area (Å²) >= 11 is 0. The quantitative estimate of drug-likeness (QED) is 0.774. The SMILES string of the molecule is CCOC(=O)c1cn(C(C)C(C)(C)C)c(/C=C2/C(=N)C=CC=C2OC)cc1=O. The molecule has 0 fully saturated rings. The van der Waals surface area contributed by atoms with Gasteiger partial charge < -0.3 is 19.5 Å². The molecule has 6 nitrogen and oxygen atoms in total. The van der Waals surface area contributed by atoms with Gasteiger partial charge in [-0.25, -0.2) is 4.79 Å². The van der Waals surface area contributed by atoms with Gasteiger partial charge in [-0.3, -0.25) is 4.79 Å². The summed E-state index contributed by atoms with van der Waals surface area (Å²) in [7, 11) is 1.54. The maximum absolute atomic E-state index is 12.6. The van der Waals surface area contributed by atoms with Gasteiger partial charge in [0.25, 0.3) is 0 Å². The molecule has 150 valence electrons. The molecule has 0 aromatic carbocycles. The fourth-order valence-electron chi connectivity index (χ4n) is 2.81. The molecule has 0 amide bonds. The van der Waals surface area contributed by atoms with Crippen molar-refractivity contribution in [2.45, 2.75) is 40.7 Å². The summed E-state index contributed by atoms with van der Waals surface area (Å²) in [4.78, 5) is 24.8. The van der Waals surface area contributed by atoms with Crippen molar-refractivity contribution in [3.8, 4) is 0 Å². The van der Waals surface area contributed by atoms with Crippen molar-refractivity contribution < 1.29 is 14.3 Å². The number of hydrogen-bond donors (Lipinski definition) is 1. The highest BCUT2D eigenvalue weighted by Gasteiger charge is 2.25. The zero-order valence-corrected chi connectivity index (χ0v) is 17.3. The van der Waals surface area contributed by atoms with Crippen LogP contribution in [0, 0.1) is 10.8 Å². The van der Waals surface area contributed by atoms with Gasteiger partial charge in [0.1, 0.15) is 11.3 Å². The maximum Gasteiger partial charge on any atom is 0.343 e. The van der Waals surface area contributed by atoms with Crippen molar-refractivity contribution in [3.63, 3.8) is 0 Å². The minimum atomic E-state index is -0.632. The lowest BCUT2D eigenvalue weighted by atomic mass is 9.87. The first-order valence-corrected chi connectivity index (χ1v) is 9.26. The number of ether oxygens (including phenoxy) is 2. The molecule has 1 aliphatic rings. The fraction of sp³-hybridized carbons (Fsp3) is 0.409. The van der Waals surface area contributed by atoms with E-state index < -0.39 is 11.4 Å². The first kappa shape index (κ1) is 21.4. The minimum absolute atomic E-state index is 0.00113. The number of methoxy groups -OCH3 is 1. The van der Waals surface area contributed by atoms with Gasteiger partial charge >= 0.3 is 5.97 Å². The van der Waals surface area contributed by atoms with Gasteiger partial charge in [-0.2, -0.15) is 0 Å². The van der Waals surface area contributed by atoms with Crippen LogP contribution in [0.5, 0.6) is 0 Å². The molecule has 0 aliphatic heterocycles. The summed E-state index contributed by atoms with van der Waals surface area (Å²) < 4.78 is 12.3. The highest BCUT2D eigenvalue weighted by Crippen LogP contribution is 2.32. The van der Waals surface area contributed by atoms with Crippen LogP contribution in [0.1, 0.15) is 56.7 Å². The minimum Gasteiger partial charge on any atom is -0.496 e. The highest BCUT2D eigenvalue weighted by atomic mass is 16.5. The standard InChI is InChI=1S/C22H28N2O4/c1-7-28-21(26)17-13-24(14(2)22(3,4)5)15(12-19(17)25)11-16-18(23)9-8-10-20(16)27-6/h8-14,23H,7H2,1-6H3/b16-11-,23-18?. The number of pyridine rings is 1. The Balaban J connectivity index is 2.71. The third kappa shape index (κ3) is 4.50. The summed E-state index contributed by atoms with van der Waals surface area (Å²) in [6.07, 6.45) is 8.48. The molecule has 1 heterocycles. The van der Waals surface area contributed by atoms with Gasteiger partial charge in [0.05, 0.1) is 19.4 Å². The molecular formula is C22H28N2O4. The van der Waals surface area contributed by atoms with Gasteiger partial charge in [0.15, 0.2) is 5.43 Å². The summed E-state index contributed by atoms with van der Waals surface area (Å²) in [6.45, 7) is 10.2. The molecule has 6 heteroatoms. The van der Waals surface area contributed by atoms with Crippen molar-refractivity contribution in [3.05, 3.63) is 63.3 Å². The molecule has 0 saturated carbocycles. The monoisotopic (exact) mass is 384 g/mol. The van der Waals surface area contributed by atoms with Crippen LogP contribution in [0.25, 0.3) is 6.08 Å². The lowest BCUT2D eigenvalue weighted by Gasteiger charge is -2.31. The largest absolute Gasteiger partial charge is 0.496 e. The average Bonchev–Trinajstić information content (AvgIpc) is 2.62. The molecule has 0 spiro atoms. The molecule has 28 heavy (non-hydrogen) atoms. The van der Waals surface area contributed by atoms with E-state index in [0.717, 1.165) is 0 Å². The second-order valence-corrected chi connectivity index (χ2v) is 7.71. The van der Waals surface area contributed by atoms with E-state index in [9.17, 15) is 9.59 Å². The molecule has 0 saturated heterocycles. The van der Waals surface area contributed by atoms with Crippen molar-refractivity contribution in [2.75, 3.05) is 13.7 Å². The van der Waals surface area contributed by atoms with Gasteiger partial charge in [-0.05, 0) is 37.5 Å². The number of esters is 1. The fourth-order valence-corrected chi connectivity index (χ4v) is 2.81. The van der Waals surface area contributed by atoms with Gasteiger partial charge in [0, 0.05) is 29.6 Å². The highest BCUT2D eigenvalue weighted by molar-refractivity contribution is 6.13. The number of carbonyl (C=O) groups excluding carboxylic acids is 1. The zero-order chi connectivity index (χ0) is 21.1. The maximum atomic E-state index is 12.6. The van der Waals surface area contributed by atoms with Crippen LogP contribution >= 0.6 is 0 Å². The van der Waals surface area contributed by atoms with Gasteiger partial charge in [-0.15, -0.1) is 0 Å². The number of carbonyl (C=O) groups is 1. The first-order valence-electron chi connectivity index (χ1n) is 9.26. The number of allylic oxidation sites excluding steroid dienone is 4. The van der Waals surface area contributed by atoms with Crippen molar-refractivity contribution >= 4 is 17.8 Å². The number of rotatable bonds is 5. The van der Waals surface area contributed by atoms with Crippen molar-refractivity contribution in [1.29, 1.82) is 5.41 Å². The molecule has 1 aromatic rings. The van der Waals surface area contributed by atoms with E-state index in [1.54, 1.807) is 44.5 Å². The Morgan fingerprint density at radius 2 is 2.04 bits per heavy atom. The Morgan fingerprint density at radius 3 is 2.61 bits per heavy atom. The first-order chi connectivity index (χ1) is 13.1. The van der Waals surface area contributed by atoms with Crippen LogP contribution in [0.4, 0.5) is 0 Å². The van der Waals surface area contributed by atoms with Gasteiger partial charge in [-0.1, -0.05) is 26.8 Å². The van der Waals surface area contributed by atoms with Crippen LogP contribution in [0.15, 0.2) is 46.6 Å². The number of nitrogens with zero attached hydrogens (tertiary/aromatic N) is 1. The lowest BCUT2D eigenvalue weighted by molar-refractivity contribution is 0.0523. The smallest absolute Gasteiger partial charge is 0.343 e. The van der Waals surface area contributed by atoms with E-state index in [1.807, 2.05) is 11.5 Å². The summed E-state index contributed by atoms with van der Waals surface area (Å²) in [6, 6.07) is 1.39. The van der Waals surface area contributed by atoms with Crippen LogP contribution in [0.3, 0.4) is 0 Å². The van der Waals surface area contributed by atoms with Crippen LogP contribution in [0.2, 0.25) is 0 Å². The Bertz CT molecular complexity index is 927. The third-order valence-electron chi connectivity index (χ3n) is 4.85. The van der Waals surface area contributed by atoms with E-state index in [-0.39, 0.29) is 29.3 Å². The van der Waals surface area contributed by atoms with Crippen LogP contribution in [-0.2, 0) is 9.47 Å². The van der Waals surface area contributed by atoms with Gasteiger partial charge in [0.2, 0.25) is 0 Å². The Labute approximate surface area is 165 Å². The number of nitrogens with one attached hydrogen (secondary N) is 1. The van der Waals surface area contributed by atoms with E-state index in [0.29, 0.717) is 17.0 Å². The number of hydrogen-bond acceptors (Lipinski definition) is 5. The molecule has 0 bridgehead atoms. The number of aromatic nitrogens is 1. The molecule has 1 aliphatic carbocycles. The van der Waals surface area contributed by atoms with Crippen molar-refractivity contribution in [1.82, 2.24) is 4.57 Å². The molecule has 0 radical (unpaired) electrons. The summed E-state index contributed by atoms with van der Waals surface area (Å²) in [5, 5.41) is 8.21. The molecule has 1 N–H and O–H groups in total. The van der Waals surface area contributed by atoms with Crippen LogP contribution in [-0.4, -0.2) is 30.0 Å². The normalized spacial score (nSPS) is 16.7. The summed E-state index contributed by atoms with van der Waals surface area (Å²) in [5.41, 5.74) is 0.913. The molecular weight excluding hydrogens is 356 g/mol. The molecule has 2 rings (SSSR count). The second kappa shape index (κ2) is 8.42. The predicted molar refractivity (Wildman–Crippen MR) is 111 cm³/mol. The van der Waals surface area contributed by atoms with Crippen molar-refractivity contribution in [2.24, 2.45) is 5.41 Å². The summed E-state index contributed by atoms with van der Waals surface area (Å²) in [5.74, 6) is -0.0863.